The molecule has 1 aliphatic rings. The molecule has 1 aromatic rings. The van der Waals surface area contributed by atoms with Crippen LogP contribution in [0.5, 0.6) is 0 Å². The number of hydrogen-bond acceptors (Lipinski definition) is 7. The summed E-state index contributed by atoms with van der Waals surface area (Å²) >= 11 is 4.14. The normalized spacial score (nSPS) is 18.1. The number of amides is 3. The maximum absolute atomic E-state index is 13.0. The van der Waals surface area contributed by atoms with E-state index >= 15 is 0 Å². The molecule has 4 unspecified atom stereocenters. The number of carboxylic acids is 2. The van der Waals surface area contributed by atoms with E-state index in [1.807, 2.05) is 30.3 Å². The number of carbonyl (C=O) groups is 5. The van der Waals surface area contributed by atoms with Crippen molar-refractivity contribution in [3.05, 3.63) is 35.9 Å². The van der Waals surface area contributed by atoms with E-state index in [4.69, 9.17) is 15.9 Å². The predicted molar refractivity (Wildman–Crippen MR) is 120 cm³/mol. The second-order valence-electron chi connectivity index (χ2n) is 7.73. The molecule has 2 rings (SSSR count). The molecule has 1 saturated heterocycles. The number of thiol groups is 1. The van der Waals surface area contributed by atoms with Crippen LogP contribution in [0.25, 0.3) is 0 Å². The molecule has 0 saturated carbocycles. The lowest BCUT2D eigenvalue weighted by molar-refractivity contribution is -0.148. The number of carbonyl (C=O) groups excluding carboxylic acids is 3. The van der Waals surface area contributed by atoms with Crippen LogP contribution in [-0.2, 0) is 30.4 Å². The van der Waals surface area contributed by atoms with E-state index in [1.165, 1.54) is 4.90 Å². The van der Waals surface area contributed by atoms with Gasteiger partial charge in [-0.15, -0.1) is 0 Å². The molecule has 0 radical (unpaired) electrons. The van der Waals surface area contributed by atoms with Gasteiger partial charge in [0.1, 0.15) is 18.1 Å². The Morgan fingerprint density at radius 3 is 2.33 bits per heavy atom. The van der Waals surface area contributed by atoms with Gasteiger partial charge in [0, 0.05) is 12.3 Å². The fraction of sp³-hybridized carbons (Fsp3) is 0.476. The number of rotatable bonds is 11. The summed E-state index contributed by atoms with van der Waals surface area (Å²) in [7, 11) is 0. The SMILES string of the molecule is NC(Cc1ccccc1)C(=O)NC(CS)C(=O)N1CCCC1C(=O)NC(CC(=O)O)C(=O)O. The Hall–Kier alpha value is -3.12. The first-order valence-corrected chi connectivity index (χ1v) is 11.0. The molecule has 1 aromatic carbocycles. The average Bonchev–Trinajstić information content (AvgIpc) is 3.26. The van der Waals surface area contributed by atoms with Gasteiger partial charge in [-0.2, -0.15) is 12.6 Å². The molecule has 6 N–H and O–H groups in total. The van der Waals surface area contributed by atoms with Gasteiger partial charge in [-0.1, -0.05) is 30.3 Å². The van der Waals surface area contributed by atoms with E-state index in [-0.39, 0.29) is 25.1 Å². The molecule has 1 aliphatic heterocycles. The molecule has 0 aromatic heterocycles. The number of benzene rings is 1. The molecule has 11 nitrogen and oxygen atoms in total. The molecule has 33 heavy (non-hydrogen) atoms. The van der Waals surface area contributed by atoms with Crippen molar-refractivity contribution < 1.29 is 34.2 Å². The quantitative estimate of drug-likeness (QED) is 0.218. The number of carboxylic acid groups (broad SMARTS) is 2. The van der Waals surface area contributed by atoms with Crippen LogP contribution < -0.4 is 16.4 Å². The fourth-order valence-electron chi connectivity index (χ4n) is 3.57. The van der Waals surface area contributed by atoms with Crippen molar-refractivity contribution in [2.24, 2.45) is 5.73 Å². The number of aliphatic carboxylic acids is 2. The molecule has 3 amide bonds. The Balaban J connectivity index is 2.02. The molecule has 180 valence electrons. The first kappa shape index (κ1) is 26.1. The zero-order valence-electron chi connectivity index (χ0n) is 17.8. The van der Waals surface area contributed by atoms with E-state index in [2.05, 4.69) is 23.3 Å². The second kappa shape index (κ2) is 12.2. The molecule has 0 spiro atoms. The second-order valence-corrected chi connectivity index (χ2v) is 8.09. The van der Waals surface area contributed by atoms with E-state index in [1.54, 1.807) is 0 Å². The van der Waals surface area contributed by atoms with Gasteiger partial charge in [-0.3, -0.25) is 19.2 Å². The highest BCUT2D eigenvalue weighted by Gasteiger charge is 2.39. The highest BCUT2D eigenvalue weighted by Crippen LogP contribution is 2.19. The van der Waals surface area contributed by atoms with E-state index < -0.39 is 60.2 Å². The Morgan fingerprint density at radius 2 is 1.76 bits per heavy atom. The lowest BCUT2D eigenvalue weighted by atomic mass is 10.1. The maximum atomic E-state index is 13.0. The third-order valence-corrected chi connectivity index (χ3v) is 5.63. The Bertz CT molecular complexity index is 883. The standard InChI is InChI=1S/C21H28N4O7S/c22-13(9-12-5-2-1-3-6-12)18(28)24-15(11-33)20(30)25-8-4-7-16(25)19(29)23-14(21(31)32)10-17(26)27/h1-3,5-6,13-16,33H,4,7-11,22H2,(H,23,29)(H,24,28)(H,26,27)(H,31,32). The van der Waals surface area contributed by atoms with Crippen LogP contribution in [0.1, 0.15) is 24.8 Å². The third-order valence-electron chi connectivity index (χ3n) is 5.26. The summed E-state index contributed by atoms with van der Waals surface area (Å²) in [6.45, 7) is 0.226. The number of nitrogens with zero attached hydrogens (tertiary/aromatic N) is 1. The summed E-state index contributed by atoms with van der Waals surface area (Å²) in [6, 6.07) is 4.61. The summed E-state index contributed by atoms with van der Waals surface area (Å²) in [6.07, 6.45) is 0.240. The minimum Gasteiger partial charge on any atom is -0.481 e. The number of nitrogens with one attached hydrogen (secondary N) is 2. The van der Waals surface area contributed by atoms with Crippen LogP contribution in [0.4, 0.5) is 0 Å². The van der Waals surface area contributed by atoms with Crippen molar-refractivity contribution in [1.29, 1.82) is 0 Å². The molecular formula is C21H28N4O7S. The van der Waals surface area contributed by atoms with Gasteiger partial charge in [0.15, 0.2) is 0 Å². The maximum Gasteiger partial charge on any atom is 0.326 e. The highest BCUT2D eigenvalue weighted by molar-refractivity contribution is 7.80. The fourth-order valence-corrected chi connectivity index (χ4v) is 3.82. The van der Waals surface area contributed by atoms with Crippen LogP contribution in [0.2, 0.25) is 0 Å². The van der Waals surface area contributed by atoms with Crippen LogP contribution in [0.15, 0.2) is 30.3 Å². The molecule has 0 bridgehead atoms. The number of likely N-dealkylation sites (tertiary alicyclic amines) is 1. The first-order chi connectivity index (χ1) is 15.6. The Morgan fingerprint density at radius 1 is 1.09 bits per heavy atom. The largest absolute Gasteiger partial charge is 0.481 e. The minimum atomic E-state index is -1.62. The molecule has 12 heteroatoms. The van der Waals surface area contributed by atoms with Crippen LogP contribution in [-0.4, -0.2) is 81.2 Å². The van der Waals surface area contributed by atoms with Gasteiger partial charge in [0.25, 0.3) is 0 Å². The van der Waals surface area contributed by atoms with Gasteiger partial charge >= 0.3 is 11.9 Å². The van der Waals surface area contributed by atoms with Crippen LogP contribution in [0.3, 0.4) is 0 Å². The molecule has 0 aliphatic carbocycles. The minimum absolute atomic E-state index is 0.0375. The van der Waals surface area contributed by atoms with E-state index in [0.29, 0.717) is 6.42 Å². The molecular weight excluding hydrogens is 452 g/mol. The summed E-state index contributed by atoms with van der Waals surface area (Å²) in [5, 5.41) is 22.7. The van der Waals surface area contributed by atoms with Gasteiger partial charge < -0.3 is 31.5 Å². The lowest BCUT2D eigenvalue weighted by Crippen LogP contribution is -2.57. The van der Waals surface area contributed by atoms with Crippen LogP contribution >= 0.6 is 12.6 Å². The van der Waals surface area contributed by atoms with Crippen molar-refractivity contribution in [3.8, 4) is 0 Å². The topological polar surface area (TPSA) is 179 Å². The summed E-state index contributed by atoms with van der Waals surface area (Å²) in [5.41, 5.74) is 6.84. The number of nitrogens with two attached hydrogens (primary N) is 1. The molecule has 1 heterocycles. The van der Waals surface area contributed by atoms with Crippen molar-refractivity contribution >= 4 is 42.3 Å². The first-order valence-electron chi connectivity index (χ1n) is 10.4. The predicted octanol–water partition coefficient (Wildman–Crippen LogP) is -0.994. The monoisotopic (exact) mass is 480 g/mol. The smallest absolute Gasteiger partial charge is 0.326 e. The van der Waals surface area contributed by atoms with Crippen molar-refractivity contribution in [2.75, 3.05) is 12.3 Å². The van der Waals surface area contributed by atoms with Gasteiger partial charge in [0.2, 0.25) is 17.7 Å². The van der Waals surface area contributed by atoms with Crippen molar-refractivity contribution in [1.82, 2.24) is 15.5 Å². The van der Waals surface area contributed by atoms with Gasteiger partial charge in [0.05, 0.1) is 12.5 Å². The summed E-state index contributed by atoms with van der Waals surface area (Å²) in [4.78, 5) is 61.5. The average molecular weight is 481 g/mol. The van der Waals surface area contributed by atoms with Gasteiger partial charge in [-0.25, -0.2) is 4.79 Å². The summed E-state index contributed by atoms with van der Waals surface area (Å²) < 4.78 is 0. The van der Waals surface area contributed by atoms with Crippen molar-refractivity contribution in [2.45, 2.75) is 49.9 Å². The molecule has 1 fully saturated rings. The zero-order chi connectivity index (χ0) is 24.5. The Kier molecular flexibility index (Phi) is 9.67. The summed E-state index contributed by atoms with van der Waals surface area (Å²) in [5.74, 6) is -4.77. The number of hydrogen-bond donors (Lipinski definition) is 6. The van der Waals surface area contributed by atoms with E-state index in [9.17, 15) is 24.0 Å². The van der Waals surface area contributed by atoms with Gasteiger partial charge in [-0.05, 0) is 24.8 Å². The molecule has 4 atom stereocenters. The Labute approximate surface area is 196 Å². The van der Waals surface area contributed by atoms with Crippen molar-refractivity contribution in [3.63, 3.8) is 0 Å². The lowest BCUT2D eigenvalue weighted by Gasteiger charge is -2.29. The van der Waals surface area contributed by atoms with Crippen LogP contribution in [0, 0.1) is 0 Å². The zero-order valence-corrected chi connectivity index (χ0v) is 18.7. The highest BCUT2D eigenvalue weighted by atomic mass is 32.1. The van der Waals surface area contributed by atoms with E-state index in [0.717, 1.165) is 5.56 Å². The third kappa shape index (κ3) is 7.46.